The number of carbonyl (C=O) groups is 1. The average molecular weight is 401 g/mol. The van der Waals surface area contributed by atoms with Crippen molar-refractivity contribution in [2.24, 2.45) is 5.11 Å². The Balaban J connectivity index is 1.88. The first-order valence-corrected chi connectivity index (χ1v) is 8.77. The number of aromatic nitrogens is 1. The van der Waals surface area contributed by atoms with E-state index in [-0.39, 0.29) is 17.4 Å². The Kier molecular flexibility index (Phi) is 5.26. The highest BCUT2D eigenvalue weighted by atomic mass is 32.1. The van der Waals surface area contributed by atoms with Gasteiger partial charge in [-0.05, 0) is 28.6 Å². The number of nitrogens with zero attached hydrogens (tertiary/aromatic N) is 5. The van der Waals surface area contributed by atoms with Crippen molar-refractivity contribution < 1.29 is 13.6 Å². The Morgan fingerprint density at radius 3 is 3.00 bits per heavy atom. The van der Waals surface area contributed by atoms with Crippen molar-refractivity contribution in [2.45, 2.75) is 12.0 Å². The van der Waals surface area contributed by atoms with Crippen molar-refractivity contribution in [3.8, 4) is 23.0 Å². The summed E-state index contributed by atoms with van der Waals surface area (Å²) >= 11 is 1.06. The van der Waals surface area contributed by atoms with Crippen LogP contribution >= 0.6 is 11.3 Å². The van der Waals surface area contributed by atoms with Gasteiger partial charge in [0.05, 0.1) is 6.54 Å². The summed E-state index contributed by atoms with van der Waals surface area (Å²) in [5.74, 6) is 0.0115. The summed E-state index contributed by atoms with van der Waals surface area (Å²) in [7, 11) is 1.13. The van der Waals surface area contributed by atoms with E-state index in [0.717, 1.165) is 18.4 Å². The predicted octanol–water partition coefficient (Wildman–Crippen LogP) is 3.14. The first-order valence-electron chi connectivity index (χ1n) is 7.89. The van der Waals surface area contributed by atoms with E-state index < -0.39 is 17.9 Å². The minimum Gasteiger partial charge on any atom is -0.342 e. The fraction of sp³-hybridized carbons (Fsp3) is 0.235. The first-order chi connectivity index (χ1) is 13.3. The van der Waals surface area contributed by atoms with E-state index in [2.05, 4.69) is 32.2 Å². The highest BCUT2D eigenvalue weighted by Gasteiger charge is 2.54. The number of azide groups is 1. The summed E-state index contributed by atoms with van der Waals surface area (Å²) in [5, 5.41) is 15.1. The van der Waals surface area contributed by atoms with Crippen molar-refractivity contribution >= 4 is 23.2 Å². The number of rotatable bonds is 3. The van der Waals surface area contributed by atoms with Gasteiger partial charge in [0.25, 0.3) is 0 Å². The number of hydrogen-bond acceptors (Lipinski definition) is 5. The molecule has 3 rings (SSSR count). The first kappa shape index (κ1) is 19.3. The molecule has 1 fully saturated rings. The number of nitrogens with one attached hydrogen (secondary N) is 2. The Morgan fingerprint density at radius 2 is 2.25 bits per heavy atom. The summed E-state index contributed by atoms with van der Waals surface area (Å²) in [6.45, 7) is 0.0280. The minimum absolute atomic E-state index is 0.0280. The molecule has 0 radical (unpaired) electrons. The van der Waals surface area contributed by atoms with E-state index in [1.54, 1.807) is 17.6 Å². The molecule has 2 aromatic rings. The van der Waals surface area contributed by atoms with E-state index in [1.807, 2.05) is 0 Å². The average Bonchev–Trinajstić information content (AvgIpc) is 3.17. The molecule has 1 saturated heterocycles. The SMILES string of the molecule is CN1C(=N)N[C@H](c2cc(-c3cncc(C#CCN=[N+]=[N-])c3)cs2)C(F)(F)C1=O. The van der Waals surface area contributed by atoms with Crippen LogP contribution in [0, 0.1) is 17.3 Å². The van der Waals surface area contributed by atoms with Crippen LogP contribution in [0.3, 0.4) is 0 Å². The largest absolute Gasteiger partial charge is 0.349 e. The number of halogens is 2. The molecule has 1 aliphatic rings. The lowest BCUT2D eigenvalue weighted by Crippen LogP contribution is -2.61. The molecular formula is C17H13F2N7OS. The smallest absolute Gasteiger partial charge is 0.342 e. The van der Waals surface area contributed by atoms with Gasteiger partial charge in [-0.1, -0.05) is 17.0 Å². The lowest BCUT2D eigenvalue weighted by molar-refractivity contribution is -0.159. The van der Waals surface area contributed by atoms with Gasteiger partial charge in [-0.15, -0.1) is 11.3 Å². The van der Waals surface area contributed by atoms with Gasteiger partial charge in [0.15, 0.2) is 5.96 Å². The van der Waals surface area contributed by atoms with Gasteiger partial charge in [-0.25, -0.2) is 0 Å². The molecule has 0 saturated carbocycles. The van der Waals surface area contributed by atoms with Crippen LogP contribution in [0.2, 0.25) is 0 Å². The number of thiophene rings is 1. The van der Waals surface area contributed by atoms with Crippen LogP contribution in [0.4, 0.5) is 8.78 Å². The summed E-state index contributed by atoms with van der Waals surface area (Å²) in [6.07, 6.45) is 3.10. The molecule has 0 aliphatic carbocycles. The van der Waals surface area contributed by atoms with Crippen molar-refractivity contribution in [3.63, 3.8) is 0 Å². The molecule has 1 aliphatic heterocycles. The van der Waals surface area contributed by atoms with Gasteiger partial charge in [0.2, 0.25) is 0 Å². The number of guanidine groups is 1. The number of carbonyl (C=O) groups excluding carboxylic acids is 1. The van der Waals surface area contributed by atoms with Crippen LogP contribution in [0.25, 0.3) is 21.6 Å². The zero-order valence-corrected chi connectivity index (χ0v) is 15.3. The molecule has 8 nitrogen and oxygen atoms in total. The Labute approximate surface area is 162 Å². The van der Waals surface area contributed by atoms with Crippen LogP contribution in [0.15, 0.2) is 35.0 Å². The van der Waals surface area contributed by atoms with Crippen molar-refractivity contribution in [3.05, 3.63) is 50.8 Å². The molecule has 2 aromatic heterocycles. The van der Waals surface area contributed by atoms with Crippen LogP contribution in [-0.2, 0) is 4.79 Å². The second-order valence-corrected chi connectivity index (χ2v) is 6.75. The minimum atomic E-state index is -3.67. The van der Waals surface area contributed by atoms with Crippen molar-refractivity contribution in [1.82, 2.24) is 15.2 Å². The Bertz CT molecular complexity index is 1050. The maximum Gasteiger partial charge on any atom is 0.349 e. The van der Waals surface area contributed by atoms with E-state index in [1.165, 1.54) is 12.3 Å². The zero-order valence-electron chi connectivity index (χ0n) is 14.5. The molecule has 1 amide bonds. The van der Waals surface area contributed by atoms with Gasteiger partial charge in [-0.3, -0.25) is 20.1 Å². The normalized spacial score (nSPS) is 18.0. The van der Waals surface area contributed by atoms with Gasteiger partial charge < -0.3 is 5.32 Å². The highest BCUT2D eigenvalue weighted by Crippen LogP contribution is 2.40. The van der Waals surface area contributed by atoms with Gasteiger partial charge >= 0.3 is 11.8 Å². The Hall–Kier alpha value is -3.48. The van der Waals surface area contributed by atoms with Crippen LogP contribution in [0.5, 0.6) is 0 Å². The van der Waals surface area contributed by atoms with Crippen LogP contribution in [0.1, 0.15) is 16.5 Å². The zero-order chi connectivity index (χ0) is 20.3. The number of hydrogen-bond donors (Lipinski definition) is 2. The molecule has 0 unspecified atom stereocenters. The summed E-state index contributed by atoms with van der Waals surface area (Å²) < 4.78 is 28.9. The molecule has 142 valence electrons. The van der Waals surface area contributed by atoms with Gasteiger partial charge in [0.1, 0.15) is 6.04 Å². The molecule has 0 bridgehead atoms. The monoisotopic (exact) mass is 401 g/mol. The van der Waals surface area contributed by atoms with Crippen LogP contribution in [-0.4, -0.2) is 41.3 Å². The van der Waals surface area contributed by atoms with Gasteiger partial charge in [0, 0.05) is 40.4 Å². The maximum absolute atomic E-state index is 14.4. The molecule has 1 atom stereocenters. The predicted molar refractivity (Wildman–Crippen MR) is 99.8 cm³/mol. The van der Waals surface area contributed by atoms with E-state index in [4.69, 9.17) is 10.9 Å². The fourth-order valence-corrected chi connectivity index (χ4v) is 3.56. The molecule has 2 N–H and O–H groups in total. The number of pyridine rings is 1. The maximum atomic E-state index is 14.4. The molecule has 0 spiro atoms. The third-order valence-corrected chi connectivity index (χ3v) is 4.99. The molecular weight excluding hydrogens is 388 g/mol. The number of amides is 1. The summed E-state index contributed by atoms with van der Waals surface area (Å²) in [4.78, 5) is 19.4. The second-order valence-electron chi connectivity index (χ2n) is 5.80. The topological polar surface area (TPSA) is 118 Å². The third kappa shape index (κ3) is 3.64. The van der Waals surface area contributed by atoms with Crippen molar-refractivity contribution in [1.29, 1.82) is 5.41 Å². The highest BCUT2D eigenvalue weighted by molar-refractivity contribution is 7.10. The quantitative estimate of drug-likeness (QED) is 0.356. The van der Waals surface area contributed by atoms with Crippen LogP contribution < -0.4 is 5.32 Å². The lowest BCUT2D eigenvalue weighted by Gasteiger charge is -2.36. The molecule has 11 heteroatoms. The third-order valence-electron chi connectivity index (χ3n) is 3.99. The van der Waals surface area contributed by atoms with E-state index in [0.29, 0.717) is 21.6 Å². The molecule has 28 heavy (non-hydrogen) atoms. The standard InChI is InChI=1S/C17H13F2N7OS/c1-26-15(27)17(18,19)14(24-16(26)20)13-6-12(9-28-13)11-5-10(7-22-8-11)3-2-4-23-25-21/h5-9,14H,4H2,1H3,(H2,20,24)/t14-/m1/s1. The lowest BCUT2D eigenvalue weighted by atomic mass is 10.0. The molecule has 0 aromatic carbocycles. The second kappa shape index (κ2) is 7.64. The van der Waals surface area contributed by atoms with Crippen molar-refractivity contribution in [2.75, 3.05) is 13.6 Å². The van der Waals surface area contributed by atoms with E-state index in [9.17, 15) is 13.6 Å². The Morgan fingerprint density at radius 1 is 1.46 bits per heavy atom. The molecule has 3 heterocycles. The summed E-state index contributed by atoms with van der Waals surface area (Å²) in [6, 6.07) is 1.66. The van der Waals surface area contributed by atoms with E-state index >= 15 is 0 Å². The fourth-order valence-electron chi connectivity index (χ4n) is 2.55. The summed E-state index contributed by atoms with van der Waals surface area (Å²) in [5.41, 5.74) is 10.1. The van der Waals surface area contributed by atoms with Gasteiger partial charge in [-0.2, -0.15) is 8.78 Å². The number of alkyl halides is 2.